The van der Waals surface area contributed by atoms with E-state index in [-0.39, 0.29) is 6.54 Å². The Bertz CT molecular complexity index is 522. The summed E-state index contributed by atoms with van der Waals surface area (Å²) in [4.78, 5) is 23.2. The van der Waals surface area contributed by atoms with Crippen molar-refractivity contribution in [2.75, 3.05) is 7.05 Å². The smallest absolute Gasteiger partial charge is 0.371 e. The fraction of sp³-hybridized carbons (Fsp3) is 0.167. The first kappa shape index (κ1) is 15.3. The molecule has 1 amide bonds. The van der Waals surface area contributed by atoms with Gasteiger partial charge in [0.1, 0.15) is 0 Å². The van der Waals surface area contributed by atoms with Crippen molar-refractivity contribution in [1.29, 1.82) is 0 Å². The Morgan fingerprint density at radius 3 is 2.21 bits per heavy atom. The molecule has 0 heterocycles. The number of aliphatic hydroxyl groups excluding tert-OH is 1. The summed E-state index contributed by atoms with van der Waals surface area (Å²) in [6.07, 6.45) is 0.633. The first-order valence-electron chi connectivity index (χ1n) is 5.13. The molecule has 19 heavy (non-hydrogen) atoms. The van der Waals surface area contributed by atoms with Gasteiger partial charge < -0.3 is 15.1 Å². The van der Waals surface area contributed by atoms with E-state index in [2.05, 4.69) is 0 Å². The van der Waals surface area contributed by atoms with Crippen LogP contribution in [-0.2, 0) is 16.1 Å². The molecule has 0 atom stereocenters. The van der Waals surface area contributed by atoms with Crippen LogP contribution in [0.3, 0.4) is 0 Å². The zero-order valence-electron chi connectivity index (χ0n) is 9.93. The highest BCUT2D eigenvalue weighted by Gasteiger charge is 2.12. The predicted octanol–water partition coefficient (Wildman–Crippen LogP) is 2.48. The maximum atomic E-state index is 11.6. The molecule has 0 spiro atoms. The van der Waals surface area contributed by atoms with Gasteiger partial charge in [-0.3, -0.25) is 4.79 Å². The fourth-order valence-electron chi connectivity index (χ4n) is 1.34. The van der Waals surface area contributed by atoms with Crippen molar-refractivity contribution in [3.05, 3.63) is 45.6 Å². The van der Waals surface area contributed by atoms with E-state index in [4.69, 9.17) is 33.4 Å². The van der Waals surface area contributed by atoms with Crippen LogP contribution in [0.5, 0.6) is 0 Å². The lowest BCUT2D eigenvalue weighted by molar-refractivity contribution is -0.136. The summed E-state index contributed by atoms with van der Waals surface area (Å²) in [6.45, 7) is 0.183. The van der Waals surface area contributed by atoms with Gasteiger partial charge >= 0.3 is 5.97 Å². The van der Waals surface area contributed by atoms with E-state index in [0.717, 1.165) is 0 Å². The van der Waals surface area contributed by atoms with Gasteiger partial charge in [-0.05, 0) is 23.8 Å². The number of nitrogens with zero attached hydrogens (tertiary/aromatic N) is 1. The van der Waals surface area contributed by atoms with Crippen LogP contribution in [0.15, 0.2) is 30.0 Å². The van der Waals surface area contributed by atoms with E-state index in [9.17, 15) is 9.59 Å². The Kier molecular flexibility index (Phi) is 5.20. The van der Waals surface area contributed by atoms with Gasteiger partial charge in [0.15, 0.2) is 0 Å². The molecule has 0 fully saturated rings. The summed E-state index contributed by atoms with van der Waals surface area (Å²) in [5.74, 6) is -3.22. The minimum Gasteiger partial charge on any atom is -0.502 e. The van der Waals surface area contributed by atoms with Crippen LogP contribution in [0, 0.1) is 0 Å². The third-order valence-corrected chi connectivity index (χ3v) is 2.63. The minimum absolute atomic E-state index is 0.183. The van der Waals surface area contributed by atoms with Crippen LogP contribution in [-0.4, -0.2) is 34.0 Å². The number of carbonyl (C=O) groups is 2. The highest BCUT2D eigenvalue weighted by Crippen LogP contribution is 2.20. The van der Waals surface area contributed by atoms with Gasteiger partial charge in [-0.1, -0.05) is 23.2 Å². The Morgan fingerprint density at radius 2 is 1.74 bits per heavy atom. The van der Waals surface area contributed by atoms with Crippen LogP contribution in [0.1, 0.15) is 5.56 Å². The number of benzene rings is 1. The van der Waals surface area contributed by atoms with Crippen LogP contribution in [0.2, 0.25) is 10.0 Å². The van der Waals surface area contributed by atoms with E-state index >= 15 is 0 Å². The minimum atomic E-state index is -1.56. The lowest BCUT2D eigenvalue weighted by Gasteiger charge is -2.15. The lowest BCUT2D eigenvalue weighted by Crippen LogP contribution is -2.25. The number of aliphatic carboxylic acids is 1. The van der Waals surface area contributed by atoms with E-state index in [1.807, 2.05) is 0 Å². The monoisotopic (exact) mass is 303 g/mol. The number of halogens is 2. The van der Waals surface area contributed by atoms with Crippen molar-refractivity contribution in [1.82, 2.24) is 4.90 Å². The first-order chi connectivity index (χ1) is 8.79. The van der Waals surface area contributed by atoms with Crippen LogP contribution in [0.4, 0.5) is 0 Å². The van der Waals surface area contributed by atoms with Crippen molar-refractivity contribution < 1.29 is 19.8 Å². The molecule has 0 radical (unpaired) electrons. The average Bonchev–Trinajstić information content (AvgIpc) is 2.26. The largest absolute Gasteiger partial charge is 0.502 e. The van der Waals surface area contributed by atoms with Crippen molar-refractivity contribution >= 4 is 35.1 Å². The molecule has 0 bridgehead atoms. The number of carbonyl (C=O) groups excluding carboxylic acids is 1. The summed E-state index contributed by atoms with van der Waals surface area (Å²) in [6, 6.07) is 4.83. The van der Waals surface area contributed by atoms with E-state index < -0.39 is 17.6 Å². The molecule has 1 aromatic carbocycles. The molecular formula is C12H11Cl2NO4. The number of hydrogen-bond acceptors (Lipinski definition) is 3. The van der Waals surface area contributed by atoms with Crippen molar-refractivity contribution in [3.8, 4) is 0 Å². The molecular weight excluding hydrogens is 293 g/mol. The van der Waals surface area contributed by atoms with Crippen LogP contribution < -0.4 is 0 Å². The summed E-state index contributed by atoms with van der Waals surface area (Å²) >= 11 is 11.6. The normalized spacial score (nSPS) is 11.2. The number of aliphatic hydroxyl groups is 1. The number of likely N-dealkylation sites (N-methyl/N-ethyl adjacent to an activating group) is 1. The molecule has 0 aliphatic carbocycles. The second kappa shape index (κ2) is 6.45. The van der Waals surface area contributed by atoms with Gasteiger partial charge in [-0.15, -0.1) is 0 Å². The van der Waals surface area contributed by atoms with Gasteiger partial charge in [0, 0.05) is 23.6 Å². The first-order valence-corrected chi connectivity index (χ1v) is 5.89. The summed E-state index contributed by atoms with van der Waals surface area (Å²) < 4.78 is 0. The molecule has 1 rings (SSSR count). The molecule has 0 saturated heterocycles. The van der Waals surface area contributed by atoms with E-state index in [1.54, 1.807) is 18.2 Å². The standard InChI is InChI=1S/C12H11Cl2NO4/c1-15(11(17)5-10(16)12(18)19)6-7-2-8(13)4-9(14)3-7/h2-5,16H,6H2,1H3,(H,18,19)/b10-5-. The van der Waals surface area contributed by atoms with Crippen molar-refractivity contribution in [2.24, 2.45) is 0 Å². The molecule has 0 aromatic heterocycles. The molecule has 7 heteroatoms. The summed E-state index contributed by atoms with van der Waals surface area (Å²) in [7, 11) is 1.46. The number of amides is 1. The highest BCUT2D eigenvalue weighted by molar-refractivity contribution is 6.34. The zero-order chi connectivity index (χ0) is 14.6. The van der Waals surface area contributed by atoms with Crippen molar-refractivity contribution in [3.63, 3.8) is 0 Å². The van der Waals surface area contributed by atoms with E-state index in [1.165, 1.54) is 11.9 Å². The van der Waals surface area contributed by atoms with Crippen molar-refractivity contribution in [2.45, 2.75) is 6.54 Å². The van der Waals surface area contributed by atoms with Crippen LogP contribution in [0.25, 0.3) is 0 Å². The molecule has 5 nitrogen and oxygen atoms in total. The van der Waals surface area contributed by atoms with Gasteiger partial charge in [-0.2, -0.15) is 0 Å². The highest BCUT2D eigenvalue weighted by atomic mass is 35.5. The Labute approximate surface area is 119 Å². The maximum Gasteiger partial charge on any atom is 0.371 e. The third-order valence-electron chi connectivity index (χ3n) is 2.20. The Balaban J connectivity index is 2.79. The molecule has 2 N–H and O–H groups in total. The number of carboxylic acid groups (broad SMARTS) is 1. The molecule has 1 aromatic rings. The topological polar surface area (TPSA) is 77.8 Å². The lowest BCUT2D eigenvalue weighted by atomic mass is 10.2. The maximum absolute atomic E-state index is 11.6. The zero-order valence-corrected chi connectivity index (χ0v) is 11.4. The molecule has 102 valence electrons. The van der Waals surface area contributed by atoms with Gasteiger partial charge in [0.25, 0.3) is 5.91 Å². The SMILES string of the molecule is CN(Cc1cc(Cl)cc(Cl)c1)C(=O)/C=C(\O)C(=O)O. The summed E-state index contributed by atoms with van der Waals surface area (Å²) in [5.41, 5.74) is 0.691. The second-order valence-corrected chi connectivity index (χ2v) is 4.68. The van der Waals surface area contributed by atoms with Gasteiger partial charge in [0.2, 0.25) is 5.76 Å². The summed E-state index contributed by atoms with van der Waals surface area (Å²) in [5, 5.41) is 18.3. The van der Waals surface area contributed by atoms with E-state index in [0.29, 0.717) is 21.7 Å². The molecule has 0 saturated carbocycles. The Hall–Kier alpha value is -1.72. The van der Waals surface area contributed by atoms with Gasteiger partial charge in [0.05, 0.1) is 6.08 Å². The molecule has 0 aliphatic rings. The van der Waals surface area contributed by atoms with Gasteiger partial charge in [-0.25, -0.2) is 4.79 Å². The number of rotatable bonds is 4. The third kappa shape index (κ3) is 4.81. The molecule has 0 unspecified atom stereocenters. The fourth-order valence-corrected chi connectivity index (χ4v) is 1.91. The Morgan fingerprint density at radius 1 is 1.21 bits per heavy atom. The quantitative estimate of drug-likeness (QED) is 0.661. The average molecular weight is 304 g/mol. The number of carboxylic acids is 1. The second-order valence-electron chi connectivity index (χ2n) is 3.81. The molecule has 0 aliphatic heterocycles. The number of hydrogen-bond donors (Lipinski definition) is 2. The predicted molar refractivity (Wildman–Crippen MR) is 71.3 cm³/mol. The van der Waals surface area contributed by atoms with Crippen LogP contribution >= 0.6 is 23.2 Å².